The summed E-state index contributed by atoms with van der Waals surface area (Å²) in [4.78, 5) is 14.5. The number of aliphatic hydroxyl groups is 2. The highest BCUT2D eigenvalue weighted by Gasteiger charge is 2.43. The Morgan fingerprint density at radius 3 is 2.46 bits per heavy atom. The number of carbonyl (C=O) groups is 1. The van der Waals surface area contributed by atoms with Gasteiger partial charge < -0.3 is 15.1 Å². The molecule has 2 atom stereocenters. The minimum absolute atomic E-state index is 0.163. The molecule has 1 saturated heterocycles. The van der Waals surface area contributed by atoms with Crippen molar-refractivity contribution in [2.24, 2.45) is 5.41 Å². The number of rotatable bonds is 6. The van der Waals surface area contributed by atoms with E-state index in [9.17, 15) is 23.4 Å². The van der Waals surface area contributed by atoms with Crippen LogP contribution in [0, 0.1) is 5.41 Å². The molecular weight excluding hydrogens is 356 g/mol. The Balaban J connectivity index is 2.18. The van der Waals surface area contributed by atoms with E-state index in [1.54, 1.807) is 29.2 Å². The minimum atomic E-state index is -3.36. The van der Waals surface area contributed by atoms with Crippen LogP contribution in [0.25, 0.3) is 0 Å². The van der Waals surface area contributed by atoms with Crippen LogP contribution in [0.1, 0.15) is 36.5 Å². The van der Waals surface area contributed by atoms with Gasteiger partial charge in [-0.15, -0.1) is 0 Å². The lowest BCUT2D eigenvalue weighted by atomic mass is 9.74. The van der Waals surface area contributed by atoms with Gasteiger partial charge in [0.15, 0.2) is 0 Å². The van der Waals surface area contributed by atoms with Gasteiger partial charge in [-0.05, 0) is 37.1 Å². The number of amides is 1. The van der Waals surface area contributed by atoms with E-state index in [4.69, 9.17) is 0 Å². The number of aliphatic hydroxyl groups excluding tert-OH is 2. The second-order valence-corrected chi connectivity index (χ2v) is 9.09. The quantitative estimate of drug-likeness (QED) is 0.764. The molecule has 146 valence electrons. The highest BCUT2D eigenvalue weighted by atomic mass is 32.2. The molecule has 0 bridgehead atoms. The van der Waals surface area contributed by atoms with E-state index in [2.05, 4.69) is 0 Å². The molecule has 26 heavy (non-hydrogen) atoms. The smallest absolute Gasteiger partial charge is 0.253 e. The monoisotopic (exact) mass is 384 g/mol. The SMILES string of the molecule is CCC[C@@]1(CO)CN(C(=O)c2ccc(N(C)S(C)(=O)=O)cc2)CC[C@H]1O. The van der Waals surface area contributed by atoms with E-state index in [0.717, 1.165) is 17.0 Å². The second kappa shape index (κ2) is 7.94. The predicted molar refractivity (Wildman–Crippen MR) is 101 cm³/mol. The number of likely N-dealkylation sites (tertiary alicyclic amines) is 1. The third-order valence-electron chi connectivity index (χ3n) is 5.21. The first-order valence-electron chi connectivity index (χ1n) is 8.77. The van der Waals surface area contributed by atoms with Crippen LogP contribution in [0.5, 0.6) is 0 Å². The Morgan fingerprint density at radius 2 is 1.96 bits per heavy atom. The molecule has 1 heterocycles. The molecule has 0 unspecified atom stereocenters. The minimum Gasteiger partial charge on any atom is -0.396 e. The zero-order valence-electron chi connectivity index (χ0n) is 15.6. The third kappa shape index (κ3) is 4.19. The molecule has 1 amide bonds. The number of piperidine rings is 1. The first kappa shape index (κ1) is 20.7. The van der Waals surface area contributed by atoms with Crippen LogP contribution in [0.3, 0.4) is 0 Å². The van der Waals surface area contributed by atoms with Crippen LogP contribution < -0.4 is 4.31 Å². The summed E-state index contributed by atoms with van der Waals surface area (Å²) < 4.78 is 24.3. The van der Waals surface area contributed by atoms with Gasteiger partial charge in [0.2, 0.25) is 10.0 Å². The summed E-state index contributed by atoms with van der Waals surface area (Å²) >= 11 is 0. The topological polar surface area (TPSA) is 98.2 Å². The van der Waals surface area contributed by atoms with Crippen LogP contribution in [0.15, 0.2) is 24.3 Å². The largest absolute Gasteiger partial charge is 0.396 e. The van der Waals surface area contributed by atoms with Crippen LogP contribution in [-0.2, 0) is 10.0 Å². The van der Waals surface area contributed by atoms with Gasteiger partial charge >= 0.3 is 0 Å². The van der Waals surface area contributed by atoms with Gasteiger partial charge in [-0.25, -0.2) is 8.42 Å². The fraction of sp³-hybridized carbons (Fsp3) is 0.611. The van der Waals surface area contributed by atoms with Crippen molar-refractivity contribution >= 4 is 21.6 Å². The number of benzene rings is 1. The standard InChI is InChI=1S/C18H28N2O5S/c1-4-10-18(13-21)12-20(11-9-16(18)22)17(23)14-5-7-15(8-6-14)19(2)26(3,24)25/h5-8,16,21-22H,4,9-13H2,1-3H3/t16-,18+/m1/s1. The molecule has 8 heteroatoms. The number of hydrogen-bond acceptors (Lipinski definition) is 5. The van der Waals surface area contributed by atoms with Crippen LogP contribution in [0.4, 0.5) is 5.69 Å². The lowest BCUT2D eigenvalue weighted by molar-refractivity contribution is -0.0720. The van der Waals surface area contributed by atoms with Crippen LogP contribution in [0.2, 0.25) is 0 Å². The lowest BCUT2D eigenvalue weighted by Gasteiger charge is -2.45. The maximum Gasteiger partial charge on any atom is 0.253 e. The number of hydrogen-bond donors (Lipinski definition) is 2. The molecule has 1 aliphatic heterocycles. The molecule has 0 aromatic heterocycles. The summed E-state index contributed by atoms with van der Waals surface area (Å²) in [7, 11) is -1.90. The molecule has 2 rings (SSSR count). The molecule has 1 fully saturated rings. The number of sulfonamides is 1. The van der Waals surface area contributed by atoms with E-state index >= 15 is 0 Å². The van der Waals surface area contributed by atoms with Gasteiger partial charge in [-0.2, -0.15) is 0 Å². The molecule has 1 aromatic rings. The van der Waals surface area contributed by atoms with Crippen molar-refractivity contribution < 1.29 is 23.4 Å². The van der Waals surface area contributed by atoms with E-state index in [1.807, 2.05) is 6.92 Å². The Morgan fingerprint density at radius 1 is 1.35 bits per heavy atom. The van der Waals surface area contributed by atoms with Gasteiger partial charge in [0, 0.05) is 31.1 Å². The van der Waals surface area contributed by atoms with Gasteiger partial charge in [0.1, 0.15) is 0 Å². The number of carbonyl (C=O) groups excluding carboxylic acids is 1. The fourth-order valence-corrected chi connectivity index (χ4v) is 3.99. The van der Waals surface area contributed by atoms with Crippen molar-refractivity contribution in [3.8, 4) is 0 Å². The summed E-state index contributed by atoms with van der Waals surface area (Å²) in [6.45, 7) is 2.56. The zero-order chi connectivity index (χ0) is 19.5. The summed E-state index contributed by atoms with van der Waals surface area (Å²) in [5, 5.41) is 20.2. The molecule has 1 aromatic carbocycles. The Labute approximate surface area is 155 Å². The highest BCUT2D eigenvalue weighted by Crippen LogP contribution is 2.35. The average Bonchev–Trinajstić information content (AvgIpc) is 2.62. The molecule has 7 nitrogen and oxygen atoms in total. The summed E-state index contributed by atoms with van der Waals surface area (Å²) in [6.07, 6.45) is 2.38. The molecular formula is C18H28N2O5S. The van der Waals surface area contributed by atoms with E-state index in [-0.39, 0.29) is 12.5 Å². The third-order valence-corrected chi connectivity index (χ3v) is 6.42. The van der Waals surface area contributed by atoms with Crippen molar-refractivity contribution in [2.45, 2.75) is 32.3 Å². The van der Waals surface area contributed by atoms with Gasteiger partial charge in [-0.3, -0.25) is 9.10 Å². The Bertz CT molecular complexity index is 734. The molecule has 0 spiro atoms. The highest BCUT2D eigenvalue weighted by molar-refractivity contribution is 7.92. The fourth-order valence-electron chi connectivity index (χ4n) is 3.49. The van der Waals surface area contributed by atoms with Gasteiger partial charge in [0.25, 0.3) is 5.91 Å². The zero-order valence-corrected chi connectivity index (χ0v) is 16.4. The second-order valence-electron chi connectivity index (χ2n) is 7.08. The predicted octanol–water partition coefficient (Wildman–Crippen LogP) is 1.07. The molecule has 1 aliphatic rings. The Kier molecular flexibility index (Phi) is 6.31. The van der Waals surface area contributed by atoms with Crippen molar-refractivity contribution in [3.63, 3.8) is 0 Å². The first-order chi connectivity index (χ1) is 12.1. The Hall–Kier alpha value is -1.64. The molecule has 0 radical (unpaired) electrons. The van der Waals surface area contributed by atoms with Crippen LogP contribution in [-0.4, -0.2) is 68.5 Å². The van der Waals surface area contributed by atoms with E-state index in [1.165, 1.54) is 7.05 Å². The average molecular weight is 384 g/mol. The van der Waals surface area contributed by atoms with Crippen molar-refractivity contribution in [2.75, 3.05) is 37.3 Å². The first-order valence-corrected chi connectivity index (χ1v) is 10.6. The maximum absolute atomic E-state index is 12.8. The molecule has 0 aliphatic carbocycles. The molecule has 2 N–H and O–H groups in total. The lowest BCUT2D eigenvalue weighted by Crippen LogP contribution is -2.55. The summed E-state index contributed by atoms with van der Waals surface area (Å²) in [5.41, 5.74) is 0.253. The van der Waals surface area contributed by atoms with Crippen molar-refractivity contribution in [3.05, 3.63) is 29.8 Å². The van der Waals surface area contributed by atoms with Gasteiger partial charge in [-0.1, -0.05) is 13.3 Å². The normalized spacial score (nSPS) is 23.7. The summed E-state index contributed by atoms with van der Waals surface area (Å²) in [6, 6.07) is 6.40. The number of anilines is 1. The maximum atomic E-state index is 12.8. The van der Waals surface area contributed by atoms with E-state index < -0.39 is 21.5 Å². The van der Waals surface area contributed by atoms with Crippen molar-refractivity contribution in [1.29, 1.82) is 0 Å². The van der Waals surface area contributed by atoms with Crippen LogP contribution >= 0.6 is 0 Å². The van der Waals surface area contributed by atoms with Gasteiger partial charge in [0.05, 0.1) is 24.7 Å². The number of nitrogens with zero attached hydrogens (tertiary/aromatic N) is 2. The van der Waals surface area contributed by atoms with Crippen molar-refractivity contribution in [1.82, 2.24) is 4.90 Å². The van der Waals surface area contributed by atoms with E-state index in [0.29, 0.717) is 37.2 Å². The summed E-state index contributed by atoms with van der Waals surface area (Å²) in [5.74, 6) is -0.181. The molecule has 0 saturated carbocycles.